The highest BCUT2D eigenvalue weighted by atomic mass is 15.0. The Morgan fingerprint density at radius 1 is 1.25 bits per heavy atom. The van der Waals surface area contributed by atoms with Gasteiger partial charge in [-0.15, -0.1) is 0 Å². The lowest BCUT2D eigenvalue weighted by Crippen LogP contribution is -2.01. The van der Waals surface area contributed by atoms with Crippen molar-refractivity contribution < 1.29 is 0 Å². The fraction of sp³-hybridized carbons (Fsp3) is 0.154. The number of hydrogen-bond acceptors (Lipinski definition) is 3. The molecule has 0 aliphatic carbocycles. The average Bonchev–Trinajstić information content (AvgIpc) is 2.33. The van der Waals surface area contributed by atoms with E-state index in [1.807, 2.05) is 37.3 Å². The summed E-state index contributed by atoms with van der Waals surface area (Å²) < 4.78 is 0. The lowest BCUT2D eigenvalue weighted by molar-refractivity contribution is 1.04. The third kappa shape index (κ3) is 2.38. The summed E-state index contributed by atoms with van der Waals surface area (Å²) in [4.78, 5) is 4.35. The molecule has 3 nitrogen and oxygen atoms in total. The Bertz CT molecular complexity index is 466. The first kappa shape index (κ1) is 10.6. The van der Waals surface area contributed by atoms with E-state index >= 15 is 0 Å². The van der Waals surface area contributed by atoms with Crippen LogP contribution in [0.5, 0.6) is 0 Å². The van der Waals surface area contributed by atoms with E-state index in [1.165, 1.54) is 0 Å². The summed E-state index contributed by atoms with van der Waals surface area (Å²) in [5.41, 5.74) is 8.76. The van der Waals surface area contributed by atoms with E-state index in [4.69, 9.17) is 5.73 Å². The van der Waals surface area contributed by atoms with Crippen LogP contribution in [0.1, 0.15) is 11.1 Å². The molecule has 3 N–H and O–H groups in total. The molecule has 0 atom stereocenters. The van der Waals surface area contributed by atoms with E-state index < -0.39 is 0 Å². The first-order valence-corrected chi connectivity index (χ1v) is 5.27. The van der Waals surface area contributed by atoms with Gasteiger partial charge in [0.15, 0.2) is 0 Å². The van der Waals surface area contributed by atoms with Crippen LogP contribution in [0.2, 0.25) is 0 Å². The van der Waals surface area contributed by atoms with E-state index in [2.05, 4.69) is 16.4 Å². The van der Waals surface area contributed by atoms with Crippen molar-refractivity contribution in [3.05, 3.63) is 53.7 Å². The van der Waals surface area contributed by atoms with Crippen LogP contribution in [0.25, 0.3) is 0 Å². The lowest BCUT2D eigenvalue weighted by Gasteiger charge is -2.09. The fourth-order valence-corrected chi connectivity index (χ4v) is 1.53. The lowest BCUT2D eigenvalue weighted by atomic mass is 10.2. The van der Waals surface area contributed by atoms with Gasteiger partial charge in [-0.2, -0.15) is 0 Å². The van der Waals surface area contributed by atoms with Crippen LogP contribution in [0, 0.1) is 6.92 Å². The monoisotopic (exact) mass is 213 g/mol. The van der Waals surface area contributed by atoms with Crippen molar-refractivity contribution in [3.8, 4) is 0 Å². The van der Waals surface area contributed by atoms with Crippen LogP contribution >= 0.6 is 0 Å². The van der Waals surface area contributed by atoms with Crippen molar-refractivity contribution in [1.29, 1.82) is 0 Å². The standard InChI is InChI=1S/C13H15N3/c1-10-7-11(8-14)9-15-13(10)16-12-5-3-2-4-6-12/h2-7,9H,8,14H2,1H3,(H,15,16). The second-order valence-corrected chi connectivity index (χ2v) is 3.70. The summed E-state index contributed by atoms with van der Waals surface area (Å²) >= 11 is 0. The Balaban J connectivity index is 2.22. The van der Waals surface area contributed by atoms with Crippen LogP contribution in [-0.2, 0) is 6.54 Å². The summed E-state index contributed by atoms with van der Waals surface area (Å²) in [6.45, 7) is 2.55. The van der Waals surface area contributed by atoms with Crippen LogP contribution in [0.3, 0.4) is 0 Å². The number of benzene rings is 1. The number of hydrogen-bond donors (Lipinski definition) is 2. The van der Waals surface area contributed by atoms with Gasteiger partial charge in [0.25, 0.3) is 0 Å². The summed E-state index contributed by atoms with van der Waals surface area (Å²) in [5.74, 6) is 0.878. The minimum atomic E-state index is 0.527. The molecule has 0 unspecified atom stereocenters. The van der Waals surface area contributed by atoms with Gasteiger partial charge in [0.2, 0.25) is 0 Å². The number of anilines is 2. The van der Waals surface area contributed by atoms with Crippen molar-refractivity contribution >= 4 is 11.5 Å². The predicted molar refractivity (Wildman–Crippen MR) is 66.6 cm³/mol. The summed E-state index contributed by atoms with van der Waals surface area (Å²) in [6, 6.07) is 12.1. The molecule has 2 aromatic rings. The molecule has 0 fully saturated rings. The Morgan fingerprint density at radius 3 is 2.62 bits per heavy atom. The molecule has 0 aliphatic heterocycles. The van der Waals surface area contributed by atoms with Gasteiger partial charge in [-0.1, -0.05) is 18.2 Å². The van der Waals surface area contributed by atoms with Crippen LogP contribution in [0.15, 0.2) is 42.6 Å². The number of nitrogens with two attached hydrogens (primary N) is 1. The Labute approximate surface area is 95.3 Å². The molecule has 3 heteroatoms. The SMILES string of the molecule is Cc1cc(CN)cnc1Nc1ccccc1. The Kier molecular flexibility index (Phi) is 3.17. The molecule has 0 saturated heterocycles. The number of rotatable bonds is 3. The molecule has 0 radical (unpaired) electrons. The zero-order valence-electron chi connectivity index (χ0n) is 9.27. The number of aromatic nitrogens is 1. The van der Waals surface area contributed by atoms with Crippen molar-refractivity contribution in [2.45, 2.75) is 13.5 Å². The Hall–Kier alpha value is -1.87. The smallest absolute Gasteiger partial charge is 0.133 e. The topological polar surface area (TPSA) is 50.9 Å². The van der Waals surface area contributed by atoms with E-state index in [1.54, 1.807) is 6.20 Å². The molecule has 0 bridgehead atoms. The summed E-state index contributed by atoms with van der Waals surface area (Å²) in [6.07, 6.45) is 1.80. The van der Waals surface area contributed by atoms with Gasteiger partial charge in [0, 0.05) is 18.4 Å². The molecule has 0 amide bonds. The molecule has 0 saturated carbocycles. The highest BCUT2D eigenvalue weighted by Crippen LogP contribution is 2.18. The minimum Gasteiger partial charge on any atom is -0.340 e. The second kappa shape index (κ2) is 4.77. The van der Waals surface area contributed by atoms with Gasteiger partial charge >= 0.3 is 0 Å². The Morgan fingerprint density at radius 2 is 2.00 bits per heavy atom. The van der Waals surface area contributed by atoms with Crippen LogP contribution < -0.4 is 11.1 Å². The van der Waals surface area contributed by atoms with E-state index in [-0.39, 0.29) is 0 Å². The zero-order valence-corrected chi connectivity index (χ0v) is 9.27. The molecule has 82 valence electrons. The first-order valence-electron chi connectivity index (χ1n) is 5.27. The highest BCUT2D eigenvalue weighted by Gasteiger charge is 2.01. The molecule has 1 aromatic carbocycles. The van der Waals surface area contributed by atoms with Crippen molar-refractivity contribution in [2.75, 3.05) is 5.32 Å². The van der Waals surface area contributed by atoms with E-state index in [0.29, 0.717) is 6.54 Å². The summed E-state index contributed by atoms with van der Waals surface area (Å²) in [7, 11) is 0. The maximum absolute atomic E-state index is 5.56. The number of nitrogens with zero attached hydrogens (tertiary/aromatic N) is 1. The molecule has 1 heterocycles. The maximum atomic E-state index is 5.56. The molecular weight excluding hydrogens is 198 g/mol. The van der Waals surface area contributed by atoms with E-state index in [9.17, 15) is 0 Å². The van der Waals surface area contributed by atoms with E-state index in [0.717, 1.165) is 22.6 Å². The van der Waals surface area contributed by atoms with Gasteiger partial charge in [0.1, 0.15) is 5.82 Å². The van der Waals surface area contributed by atoms with Gasteiger partial charge in [0.05, 0.1) is 0 Å². The first-order chi connectivity index (χ1) is 7.79. The largest absolute Gasteiger partial charge is 0.340 e. The number of pyridine rings is 1. The summed E-state index contributed by atoms with van der Waals surface area (Å²) in [5, 5.41) is 3.27. The normalized spacial score (nSPS) is 10.1. The molecule has 0 spiro atoms. The molecule has 1 aromatic heterocycles. The quantitative estimate of drug-likeness (QED) is 0.824. The maximum Gasteiger partial charge on any atom is 0.133 e. The predicted octanol–water partition coefficient (Wildman–Crippen LogP) is 2.59. The number of aryl methyl sites for hydroxylation is 1. The van der Waals surface area contributed by atoms with Crippen LogP contribution in [-0.4, -0.2) is 4.98 Å². The van der Waals surface area contributed by atoms with Gasteiger partial charge in [-0.25, -0.2) is 4.98 Å². The molecule has 2 rings (SSSR count). The molecule has 16 heavy (non-hydrogen) atoms. The van der Waals surface area contributed by atoms with Crippen molar-refractivity contribution in [1.82, 2.24) is 4.98 Å². The second-order valence-electron chi connectivity index (χ2n) is 3.70. The fourth-order valence-electron chi connectivity index (χ4n) is 1.53. The number of para-hydroxylation sites is 1. The zero-order chi connectivity index (χ0) is 11.4. The van der Waals surface area contributed by atoms with Gasteiger partial charge < -0.3 is 11.1 Å². The highest BCUT2D eigenvalue weighted by molar-refractivity contribution is 5.59. The average molecular weight is 213 g/mol. The third-order valence-corrected chi connectivity index (χ3v) is 2.41. The minimum absolute atomic E-state index is 0.527. The number of nitrogens with one attached hydrogen (secondary N) is 1. The molecule has 0 aliphatic rings. The van der Waals surface area contributed by atoms with Gasteiger partial charge in [-0.3, -0.25) is 0 Å². The van der Waals surface area contributed by atoms with Crippen molar-refractivity contribution in [2.24, 2.45) is 5.73 Å². The van der Waals surface area contributed by atoms with Crippen LogP contribution in [0.4, 0.5) is 11.5 Å². The van der Waals surface area contributed by atoms with Gasteiger partial charge in [-0.05, 0) is 36.2 Å². The van der Waals surface area contributed by atoms with Crippen molar-refractivity contribution in [3.63, 3.8) is 0 Å². The molecular formula is C13H15N3. The third-order valence-electron chi connectivity index (χ3n) is 2.41.